The highest BCUT2D eigenvalue weighted by molar-refractivity contribution is 5.79. The van der Waals surface area contributed by atoms with E-state index in [1.54, 1.807) is 0 Å². The molecule has 2 aliphatic rings. The predicted octanol–water partition coefficient (Wildman–Crippen LogP) is -0.127. The maximum Gasteiger partial charge on any atom is 0.224 e. The minimum Gasteiger partial charge on any atom is -0.393 e. The first-order valence-corrected chi connectivity index (χ1v) is 5.92. The van der Waals surface area contributed by atoms with Gasteiger partial charge in [-0.1, -0.05) is 0 Å². The number of carbonyl (C=O) groups excluding carboxylic acids is 1. The third-order valence-corrected chi connectivity index (χ3v) is 3.51. The van der Waals surface area contributed by atoms with Crippen molar-refractivity contribution in [3.05, 3.63) is 0 Å². The third-order valence-electron chi connectivity index (χ3n) is 3.51. The Morgan fingerprint density at radius 2 is 2.27 bits per heavy atom. The molecule has 4 nitrogen and oxygen atoms in total. The maximum absolute atomic E-state index is 11.7. The van der Waals surface area contributed by atoms with Gasteiger partial charge >= 0.3 is 0 Å². The minimum atomic E-state index is -0.139. The highest BCUT2D eigenvalue weighted by atomic mass is 16.3. The van der Waals surface area contributed by atoms with Crippen molar-refractivity contribution in [3.8, 4) is 0 Å². The molecule has 0 aromatic rings. The maximum atomic E-state index is 11.7. The van der Waals surface area contributed by atoms with Gasteiger partial charge in [-0.2, -0.15) is 0 Å². The lowest BCUT2D eigenvalue weighted by atomic mass is 10.1. The average molecular weight is 212 g/mol. The largest absolute Gasteiger partial charge is 0.393 e. The van der Waals surface area contributed by atoms with Crippen LogP contribution in [0.4, 0.5) is 0 Å². The van der Waals surface area contributed by atoms with Gasteiger partial charge in [-0.3, -0.25) is 4.79 Å². The van der Waals surface area contributed by atoms with E-state index in [2.05, 4.69) is 10.6 Å². The van der Waals surface area contributed by atoms with E-state index in [0.717, 1.165) is 45.3 Å². The van der Waals surface area contributed by atoms with E-state index in [1.165, 1.54) is 0 Å². The summed E-state index contributed by atoms with van der Waals surface area (Å²) in [4.78, 5) is 11.7. The number of amides is 1. The number of aliphatic hydroxyl groups excluding tert-OH is 1. The second kappa shape index (κ2) is 4.94. The Labute approximate surface area is 90.4 Å². The Bertz CT molecular complexity index is 227. The molecule has 2 rings (SSSR count). The fraction of sp³-hybridized carbons (Fsp3) is 0.909. The molecular formula is C11H20N2O2. The summed E-state index contributed by atoms with van der Waals surface area (Å²) in [6.45, 7) is 2.52. The molecule has 1 saturated heterocycles. The summed E-state index contributed by atoms with van der Waals surface area (Å²) in [6.07, 6.45) is 3.61. The fourth-order valence-electron chi connectivity index (χ4n) is 2.50. The van der Waals surface area contributed by atoms with Gasteiger partial charge in [-0.15, -0.1) is 0 Å². The Morgan fingerprint density at radius 3 is 2.87 bits per heavy atom. The van der Waals surface area contributed by atoms with Crippen LogP contribution >= 0.6 is 0 Å². The van der Waals surface area contributed by atoms with Gasteiger partial charge in [0.25, 0.3) is 0 Å². The number of hydrogen-bond donors (Lipinski definition) is 3. The van der Waals surface area contributed by atoms with Gasteiger partial charge in [0.1, 0.15) is 0 Å². The topological polar surface area (TPSA) is 61.4 Å². The number of carbonyl (C=O) groups is 1. The number of rotatable bonds is 3. The van der Waals surface area contributed by atoms with Crippen molar-refractivity contribution < 1.29 is 9.90 Å². The van der Waals surface area contributed by atoms with Crippen molar-refractivity contribution in [2.45, 2.75) is 31.8 Å². The van der Waals surface area contributed by atoms with Gasteiger partial charge in [-0.05, 0) is 38.1 Å². The van der Waals surface area contributed by atoms with E-state index < -0.39 is 0 Å². The first-order chi connectivity index (χ1) is 7.25. The molecule has 15 heavy (non-hydrogen) atoms. The number of aliphatic hydroxyl groups is 1. The van der Waals surface area contributed by atoms with Crippen molar-refractivity contribution in [2.75, 3.05) is 19.6 Å². The van der Waals surface area contributed by atoms with E-state index in [9.17, 15) is 9.90 Å². The molecule has 86 valence electrons. The van der Waals surface area contributed by atoms with Crippen LogP contribution in [-0.2, 0) is 4.79 Å². The summed E-state index contributed by atoms with van der Waals surface area (Å²) in [7, 11) is 0. The van der Waals surface area contributed by atoms with Crippen molar-refractivity contribution in [1.29, 1.82) is 0 Å². The summed E-state index contributed by atoms with van der Waals surface area (Å²) in [5.74, 6) is 0.830. The van der Waals surface area contributed by atoms with Crippen LogP contribution < -0.4 is 10.6 Å². The zero-order valence-electron chi connectivity index (χ0n) is 9.04. The van der Waals surface area contributed by atoms with Crippen molar-refractivity contribution in [1.82, 2.24) is 10.6 Å². The zero-order chi connectivity index (χ0) is 10.7. The number of hydrogen-bond acceptors (Lipinski definition) is 3. The lowest BCUT2D eigenvalue weighted by Crippen LogP contribution is -2.34. The van der Waals surface area contributed by atoms with Crippen LogP contribution in [0.1, 0.15) is 25.7 Å². The lowest BCUT2D eigenvalue weighted by Gasteiger charge is -2.13. The summed E-state index contributed by atoms with van der Waals surface area (Å²) >= 11 is 0. The van der Waals surface area contributed by atoms with Gasteiger partial charge in [0.15, 0.2) is 0 Å². The van der Waals surface area contributed by atoms with Crippen LogP contribution in [0, 0.1) is 11.8 Å². The molecule has 0 aromatic carbocycles. The molecule has 3 atom stereocenters. The van der Waals surface area contributed by atoms with Crippen LogP contribution in [0.5, 0.6) is 0 Å². The van der Waals surface area contributed by atoms with Gasteiger partial charge in [0, 0.05) is 13.1 Å². The molecule has 1 aliphatic heterocycles. The van der Waals surface area contributed by atoms with E-state index >= 15 is 0 Å². The second-order valence-electron chi connectivity index (χ2n) is 4.77. The van der Waals surface area contributed by atoms with Crippen molar-refractivity contribution in [3.63, 3.8) is 0 Å². The van der Waals surface area contributed by atoms with E-state index in [0.29, 0.717) is 5.92 Å². The van der Waals surface area contributed by atoms with Crippen molar-refractivity contribution in [2.24, 2.45) is 11.8 Å². The fourth-order valence-corrected chi connectivity index (χ4v) is 2.50. The van der Waals surface area contributed by atoms with Gasteiger partial charge in [-0.25, -0.2) is 0 Å². The quantitative estimate of drug-likeness (QED) is 0.611. The molecule has 4 heteroatoms. The van der Waals surface area contributed by atoms with Crippen LogP contribution in [-0.4, -0.2) is 36.8 Å². The summed E-state index contributed by atoms with van der Waals surface area (Å²) in [5, 5.41) is 15.5. The molecule has 0 radical (unpaired) electrons. The van der Waals surface area contributed by atoms with E-state index in [4.69, 9.17) is 0 Å². The standard InChI is InChI=1S/C11H20N2O2/c14-10-2-1-8(5-10)6-13-11(15)9-3-4-12-7-9/h8-10,12,14H,1-7H2,(H,13,15). The Balaban J connectivity index is 1.66. The molecule has 0 bridgehead atoms. The highest BCUT2D eigenvalue weighted by Gasteiger charge is 2.26. The van der Waals surface area contributed by atoms with Crippen LogP contribution in [0.3, 0.4) is 0 Å². The molecule has 0 aromatic heterocycles. The van der Waals surface area contributed by atoms with Crippen molar-refractivity contribution >= 4 is 5.91 Å². The van der Waals surface area contributed by atoms with Gasteiger partial charge in [0.2, 0.25) is 5.91 Å². The van der Waals surface area contributed by atoms with Gasteiger partial charge < -0.3 is 15.7 Å². The van der Waals surface area contributed by atoms with E-state index in [1.807, 2.05) is 0 Å². The average Bonchev–Trinajstić information content (AvgIpc) is 2.84. The summed E-state index contributed by atoms with van der Waals surface area (Å²) in [6, 6.07) is 0. The van der Waals surface area contributed by atoms with Gasteiger partial charge in [0.05, 0.1) is 12.0 Å². The third kappa shape index (κ3) is 2.92. The molecule has 1 aliphatic carbocycles. The SMILES string of the molecule is O=C(NCC1CCC(O)C1)C1CCNC1. The molecule has 1 saturated carbocycles. The smallest absolute Gasteiger partial charge is 0.224 e. The lowest BCUT2D eigenvalue weighted by molar-refractivity contribution is -0.124. The first kappa shape index (κ1) is 10.9. The molecule has 1 heterocycles. The van der Waals surface area contributed by atoms with E-state index in [-0.39, 0.29) is 17.9 Å². The summed E-state index contributed by atoms with van der Waals surface area (Å²) in [5.41, 5.74) is 0. The Morgan fingerprint density at radius 1 is 1.40 bits per heavy atom. The summed E-state index contributed by atoms with van der Waals surface area (Å²) < 4.78 is 0. The molecule has 0 spiro atoms. The normalized spacial score (nSPS) is 35.7. The van der Waals surface area contributed by atoms with Crippen LogP contribution in [0.25, 0.3) is 0 Å². The molecule has 3 unspecified atom stereocenters. The monoisotopic (exact) mass is 212 g/mol. The highest BCUT2D eigenvalue weighted by Crippen LogP contribution is 2.24. The zero-order valence-corrected chi connectivity index (χ0v) is 9.04. The number of nitrogens with one attached hydrogen (secondary N) is 2. The first-order valence-electron chi connectivity index (χ1n) is 5.92. The molecule has 2 fully saturated rings. The Kier molecular flexibility index (Phi) is 3.59. The second-order valence-corrected chi connectivity index (χ2v) is 4.77. The minimum absolute atomic E-state index is 0.139. The molecule has 1 amide bonds. The molecular weight excluding hydrogens is 192 g/mol. The predicted molar refractivity (Wildman–Crippen MR) is 57.3 cm³/mol. The van der Waals surface area contributed by atoms with Crippen LogP contribution in [0.15, 0.2) is 0 Å². The van der Waals surface area contributed by atoms with Crippen LogP contribution in [0.2, 0.25) is 0 Å². The molecule has 3 N–H and O–H groups in total. The Hall–Kier alpha value is -0.610.